The average molecular weight is 354 g/mol. The van der Waals surface area contributed by atoms with Crippen LogP contribution in [0.25, 0.3) is 11.2 Å². The van der Waals surface area contributed by atoms with E-state index in [1.54, 1.807) is 6.92 Å². The van der Waals surface area contributed by atoms with E-state index in [4.69, 9.17) is 16.2 Å². The monoisotopic (exact) mass is 354 g/mol. The molecule has 0 radical (unpaired) electrons. The van der Waals surface area contributed by atoms with Crippen LogP contribution in [0.5, 0.6) is 0 Å². The van der Waals surface area contributed by atoms with Gasteiger partial charge in [0, 0.05) is 5.41 Å². The fourth-order valence-corrected chi connectivity index (χ4v) is 2.53. The third-order valence-electron chi connectivity index (χ3n) is 4.43. The Labute approximate surface area is 142 Å². The average Bonchev–Trinajstić information content (AvgIpc) is 2.94. The number of aromatic amines is 1. The summed E-state index contributed by atoms with van der Waals surface area (Å²) >= 11 is 0. The van der Waals surface area contributed by atoms with Gasteiger partial charge in [-0.25, -0.2) is 9.78 Å². The highest BCUT2D eigenvalue weighted by molar-refractivity contribution is 5.78. The number of nitrogens with zero attached hydrogens (tertiary/aromatic N) is 3. The molecular formula is C14H22N6O5. The maximum absolute atomic E-state index is 11.7. The first-order chi connectivity index (χ1) is 11.5. The van der Waals surface area contributed by atoms with Gasteiger partial charge in [-0.2, -0.15) is 4.98 Å². The zero-order valence-electron chi connectivity index (χ0n) is 14.2. The summed E-state index contributed by atoms with van der Waals surface area (Å²) in [5.74, 6) is -1.54. The first kappa shape index (κ1) is 18.8. The number of aromatic nitrogens is 4. The molecule has 0 aromatic carbocycles. The van der Waals surface area contributed by atoms with Crippen LogP contribution < -0.4 is 17.0 Å². The largest absolute Gasteiger partial charge is 0.478 e. The summed E-state index contributed by atoms with van der Waals surface area (Å²) in [6.07, 6.45) is 0.564. The molecule has 11 nitrogen and oxygen atoms in total. The lowest BCUT2D eigenvalue weighted by Crippen LogP contribution is -2.64. The molecule has 2 heterocycles. The molecule has 11 heteroatoms. The number of carbonyl (C=O) groups is 1. The van der Waals surface area contributed by atoms with Gasteiger partial charge in [-0.15, -0.1) is 0 Å². The molecule has 2 unspecified atom stereocenters. The van der Waals surface area contributed by atoms with Gasteiger partial charge < -0.3 is 25.7 Å². The minimum atomic E-state index is -2.18. The lowest BCUT2D eigenvalue weighted by Gasteiger charge is -2.42. The third kappa shape index (κ3) is 3.08. The summed E-state index contributed by atoms with van der Waals surface area (Å²) in [4.78, 5) is 33.6. The van der Waals surface area contributed by atoms with Gasteiger partial charge in [-0.1, -0.05) is 20.8 Å². The molecule has 0 aliphatic rings. The number of aliphatic carboxylic acids is 1. The number of imidazole rings is 1. The Kier molecular flexibility index (Phi) is 4.84. The first-order valence-electron chi connectivity index (χ1n) is 7.59. The smallest absolute Gasteiger partial charge is 0.351 e. The molecule has 0 aliphatic carbocycles. The van der Waals surface area contributed by atoms with E-state index in [1.165, 1.54) is 24.7 Å². The van der Waals surface area contributed by atoms with Crippen LogP contribution in [0.15, 0.2) is 11.1 Å². The number of anilines is 1. The molecule has 2 rings (SSSR count). The van der Waals surface area contributed by atoms with Crippen molar-refractivity contribution in [2.24, 2.45) is 11.1 Å². The van der Waals surface area contributed by atoms with Gasteiger partial charge in [-0.3, -0.25) is 15.1 Å². The number of ether oxygens (including phenoxy) is 1. The number of aliphatic hydroxyl groups excluding tert-OH is 1. The molecule has 2 aromatic rings. The van der Waals surface area contributed by atoms with E-state index in [9.17, 15) is 19.8 Å². The standard InChI is InChI=1S/C14H22N6O5/c1-4-7(21)13(2,3)14(16,11(23)24)25-6-20-5-17-8-9(20)18-12(15)19-10(8)22/h5,7,21H,4,6,16H2,1-3H3,(H,23,24)(H3,15,18,19,22). The number of nitrogen functional groups attached to an aromatic ring is 1. The van der Waals surface area contributed by atoms with Gasteiger partial charge in [0.25, 0.3) is 0 Å². The van der Waals surface area contributed by atoms with Gasteiger partial charge in [0.1, 0.15) is 12.4 Å². The molecule has 0 aliphatic heterocycles. The molecular weight excluding hydrogens is 332 g/mol. The molecule has 138 valence electrons. The molecule has 0 amide bonds. The van der Waals surface area contributed by atoms with Crippen LogP contribution in [-0.4, -0.2) is 47.5 Å². The number of fused-ring (bicyclic) bond motifs is 1. The van der Waals surface area contributed by atoms with Gasteiger partial charge >= 0.3 is 11.5 Å². The zero-order chi connectivity index (χ0) is 19.0. The Morgan fingerprint density at radius 3 is 2.72 bits per heavy atom. The molecule has 25 heavy (non-hydrogen) atoms. The normalized spacial score (nSPS) is 15.9. The SMILES string of the molecule is CCC(O)C(C)(C)C(N)(OCn1cnc2c(=O)nc(N)[nH]c21)C(=O)O. The Morgan fingerprint density at radius 2 is 2.16 bits per heavy atom. The van der Waals surface area contributed by atoms with Crippen LogP contribution in [0.3, 0.4) is 0 Å². The van der Waals surface area contributed by atoms with Crippen LogP contribution in [0, 0.1) is 5.41 Å². The van der Waals surface area contributed by atoms with Gasteiger partial charge in [0.15, 0.2) is 5.52 Å². The van der Waals surface area contributed by atoms with Crippen LogP contribution in [-0.2, 0) is 16.3 Å². The van der Waals surface area contributed by atoms with E-state index >= 15 is 0 Å². The highest BCUT2D eigenvalue weighted by Gasteiger charge is 2.53. The number of aliphatic hydroxyl groups is 1. The van der Waals surface area contributed by atoms with Crippen molar-refractivity contribution in [2.75, 3.05) is 5.73 Å². The van der Waals surface area contributed by atoms with Gasteiger partial charge in [0.2, 0.25) is 11.7 Å². The van der Waals surface area contributed by atoms with E-state index in [0.717, 1.165) is 0 Å². The zero-order valence-corrected chi connectivity index (χ0v) is 14.2. The molecule has 0 spiro atoms. The second-order valence-electron chi connectivity index (χ2n) is 6.30. The summed E-state index contributed by atoms with van der Waals surface area (Å²) in [6.45, 7) is 4.38. The maximum Gasteiger partial charge on any atom is 0.351 e. The van der Waals surface area contributed by atoms with Crippen molar-refractivity contribution in [3.63, 3.8) is 0 Å². The van der Waals surface area contributed by atoms with E-state index in [1.807, 2.05) is 0 Å². The van der Waals surface area contributed by atoms with Gasteiger partial charge in [-0.05, 0) is 6.42 Å². The fourth-order valence-electron chi connectivity index (χ4n) is 2.53. The van der Waals surface area contributed by atoms with Crippen LogP contribution in [0.2, 0.25) is 0 Å². The van der Waals surface area contributed by atoms with E-state index < -0.39 is 28.8 Å². The van der Waals surface area contributed by atoms with Crippen molar-refractivity contribution in [3.05, 3.63) is 16.7 Å². The minimum absolute atomic E-state index is 0.0311. The second kappa shape index (κ2) is 6.43. The predicted octanol–water partition coefficient (Wildman–Crippen LogP) is -0.787. The summed E-state index contributed by atoms with van der Waals surface area (Å²) < 4.78 is 6.81. The van der Waals surface area contributed by atoms with E-state index in [2.05, 4.69) is 15.0 Å². The number of nitrogens with one attached hydrogen (secondary N) is 1. The molecule has 2 aromatic heterocycles. The van der Waals surface area contributed by atoms with Crippen molar-refractivity contribution in [2.45, 2.75) is 45.8 Å². The Balaban J connectivity index is 2.37. The molecule has 0 bridgehead atoms. The molecule has 0 saturated heterocycles. The quantitative estimate of drug-likeness (QED) is 0.398. The maximum atomic E-state index is 11.7. The second-order valence-corrected chi connectivity index (χ2v) is 6.30. The topological polar surface area (TPSA) is 182 Å². The van der Waals surface area contributed by atoms with E-state index in [-0.39, 0.29) is 23.8 Å². The number of rotatable bonds is 7. The van der Waals surface area contributed by atoms with Crippen LogP contribution in [0.4, 0.5) is 5.95 Å². The fraction of sp³-hybridized carbons (Fsp3) is 0.571. The van der Waals surface area contributed by atoms with Crippen molar-refractivity contribution >= 4 is 23.1 Å². The highest BCUT2D eigenvalue weighted by Crippen LogP contribution is 2.36. The first-order valence-corrected chi connectivity index (χ1v) is 7.59. The Morgan fingerprint density at radius 1 is 1.52 bits per heavy atom. The molecule has 0 fully saturated rings. The Bertz CT molecular complexity index is 844. The molecule has 7 N–H and O–H groups in total. The summed E-state index contributed by atoms with van der Waals surface area (Å²) in [7, 11) is 0. The summed E-state index contributed by atoms with van der Waals surface area (Å²) in [6, 6.07) is 0. The third-order valence-corrected chi connectivity index (χ3v) is 4.43. The number of nitrogens with two attached hydrogens (primary N) is 2. The number of hydrogen-bond acceptors (Lipinski definition) is 8. The molecule has 0 saturated carbocycles. The minimum Gasteiger partial charge on any atom is -0.478 e. The number of H-pyrrole nitrogens is 1. The van der Waals surface area contributed by atoms with Crippen molar-refractivity contribution in [3.8, 4) is 0 Å². The molecule has 2 atom stereocenters. The Hall–Kier alpha value is -2.50. The van der Waals surface area contributed by atoms with Crippen LogP contribution in [0.1, 0.15) is 27.2 Å². The summed E-state index contributed by atoms with van der Waals surface area (Å²) in [5.41, 5.74) is 7.66. The highest BCUT2D eigenvalue weighted by atomic mass is 16.5. The number of hydrogen-bond donors (Lipinski definition) is 5. The lowest BCUT2D eigenvalue weighted by molar-refractivity contribution is -0.207. The summed E-state index contributed by atoms with van der Waals surface area (Å²) in [5, 5.41) is 19.7. The number of carboxylic acid groups (broad SMARTS) is 1. The predicted molar refractivity (Wildman–Crippen MR) is 88.3 cm³/mol. The van der Waals surface area contributed by atoms with Crippen molar-refractivity contribution in [1.29, 1.82) is 0 Å². The van der Waals surface area contributed by atoms with Crippen LogP contribution >= 0.6 is 0 Å². The van der Waals surface area contributed by atoms with Crippen molar-refractivity contribution in [1.82, 2.24) is 19.5 Å². The van der Waals surface area contributed by atoms with Gasteiger partial charge in [0.05, 0.1) is 12.4 Å². The van der Waals surface area contributed by atoms with E-state index in [0.29, 0.717) is 6.42 Å². The lowest BCUT2D eigenvalue weighted by atomic mass is 9.75. The number of carboxylic acids is 1. The van der Waals surface area contributed by atoms with Crippen molar-refractivity contribution < 1.29 is 19.7 Å².